The minimum atomic E-state index is -0.449. The standard InChI is InChI=1S/C12H12ClFN2O2/c1-7-12(18)16(11(17)5-15-7)6-8-2-3-9(14)4-10(8)13/h2-4,7,15H,5-6H2,1H3. The number of nitrogens with one attached hydrogen (secondary N) is 1. The second kappa shape index (κ2) is 5.04. The van der Waals surface area contributed by atoms with Crippen molar-refractivity contribution in [3.63, 3.8) is 0 Å². The second-order valence-corrected chi connectivity index (χ2v) is 4.56. The number of carbonyl (C=O) groups is 2. The highest BCUT2D eigenvalue weighted by Gasteiger charge is 2.31. The highest BCUT2D eigenvalue weighted by molar-refractivity contribution is 6.31. The molecule has 18 heavy (non-hydrogen) atoms. The lowest BCUT2D eigenvalue weighted by Crippen LogP contribution is -2.56. The monoisotopic (exact) mass is 270 g/mol. The molecule has 0 bridgehead atoms. The maximum Gasteiger partial charge on any atom is 0.246 e. The smallest absolute Gasteiger partial charge is 0.246 e. The van der Waals surface area contributed by atoms with Gasteiger partial charge in [0.25, 0.3) is 0 Å². The average molecular weight is 271 g/mol. The summed E-state index contributed by atoms with van der Waals surface area (Å²) in [4.78, 5) is 24.6. The van der Waals surface area contributed by atoms with Gasteiger partial charge in [-0.1, -0.05) is 17.7 Å². The normalized spacial score (nSPS) is 20.4. The van der Waals surface area contributed by atoms with E-state index in [-0.39, 0.29) is 29.9 Å². The molecule has 1 N–H and O–H groups in total. The molecule has 0 radical (unpaired) electrons. The topological polar surface area (TPSA) is 49.4 Å². The minimum absolute atomic E-state index is 0.0722. The molecule has 0 aliphatic carbocycles. The van der Waals surface area contributed by atoms with Crippen LogP contribution < -0.4 is 5.32 Å². The number of benzene rings is 1. The number of nitrogens with zero attached hydrogens (tertiary/aromatic N) is 1. The summed E-state index contributed by atoms with van der Waals surface area (Å²) < 4.78 is 12.9. The Morgan fingerprint density at radius 3 is 2.89 bits per heavy atom. The van der Waals surface area contributed by atoms with Crippen molar-refractivity contribution in [1.82, 2.24) is 10.2 Å². The molecule has 2 amide bonds. The van der Waals surface area contributed by atoms with E-state index in [1.807, 2.05) is 0 Å². The van der Waals surface area contributed by atoms with Crippen molar-refractivity contribution in [3.8, 4) is 0 Å². The average Bonchev–Trinajstić information content (AvgIpc) is 2.32. The fourth-order valence-electron chi connectivity index (χ4n) is 1.77. The van der Waals surface area contributed by atoms with Crippen molar-refractivity contribution in [2.45, 2.75) is 19.5 Å². The molecule has 1 heterocycles. The third kappa shape index (κ3) is 2.52. The number of halogens is 2. The van der Waals surface area contributed by atoms with Crippen LogP contribution in [0, 0.1) is 5.82 Å². The summed E-state index contributed by atoms with van der Waals surface area (Å²) in [5.74, 6) is -1.06. The van der Waals surface area contributed by atoms with Gasteiger partial charge in [0.15, 0.2) is 0 Å². The Labute approximate surface area is 109 Å². The van der Waals surface area contributed by atoms with E-state index >= 15 is 0 Å². The first-order valence-electron chi connectivity index (χ1n) is 5.50. The van der Waals surface area contributed by atoms with Crippen LogP contribution in [0.25, 0.3) is 0 Å². The summed E-state index contributed by atoms with van der Waals surface area (Å²) in [6.45, 7) is 1.88. The summed E-state index contributed by atoms with van der Waals surface area (Å²) in [6.07, 6.45) is 0. The number of hydrogen-bond acceptors (Lipinski definition) is 3. The van der Waals surface area contributed by atoms with Crippen LogP contribution in [-0.2, 0) is 16.1 Å². The molecule has 6 heteroatoms. The fraction of sp³-hybridized carbons (Fsp3) is 0.333. The van der Waals surface area contributed by atoms with Crippen molar-refractivity contribution in [1.29, 1.82) is 0 Å². The van der Waals surface area contributed by atoms with E-state index in [2.05, 4.69) is 5.32 Å². The molecule has 1 fully saturated rings. The number of imide groups is 1. The van der Waals surface area contributed by atoms with Gasteiger partial charge < -0.3 is 0 Å². The maximum atomic E-state index is 12.9. The third-order valence-corrected chi connectivity index (χ3v) is 3.19. The van der Waals surface area contributed by atoms with Crippen LogP contribution in [0.4, 0.5) is 4.39 Å². The second-order valence-electron chi connectivity index (χ2n) is 4.16. The highest BCUT2D eigenvalue weighted by atomic mass is 35.5. The van der Waals surface area contributed by atoms with E-state index in [0.29, 0.717) is 5.56 Å². The molecule has 1 aromatic rings. The van der Waals surface area contributed by atoms with Gasteiger partial charge in [-0.15, -0.1) is 0 Å². The Morgan fingerprint density at radius 2 is 2.22 bits per heavy atom. The zero-order chi connectivity index (χ0) is 13.3. The van der Waals surface area contributed by atoms with Crippen molar-refractivity contribution in [2.75, 3.05) is 6.54 Å². The van der Waals surface area contributed by atoms with Crippen molar-refractivity contribution in [2.24, 2.45) is 0 Å². The Hall–Kier alpha value is -1.46. The molecule has 1 aliphatic rings. The van der Waals surface area contributed by atoms with E-state index in [4.69, 9.17) is 11.6 Å². The number of carbonyl (C=O) groups excluding carboxylic acids is 2. The lowest BCUT2D eigenvalue weighted by Gasteiger charge is -2.29. The van der Waals surface area contributed by atoms with Gasteiger partial charge in [-0.2, -0.15) is 0 Å². The van der Waals surface area contributed by atoms with Gasteiger partial charge in [-0.3, -0.25) is 19.8 Å². The van der Waals surface area contributed by atoms with E-state index in [9.17, 15) is 14.0 Å². The van der Waals surface area contributed by atoms with Crippen molar-refractivity contribution < 1.29 is 14.0 Å². The SMILES string of the molecule is CC1NCC(=O)N(Cc2ccc(F)cc2Cl)C1=O. The van der Waals surface area contributed by atoms with Gasteiger partial charge in [0, 0.05) is 5.02 Å². The van der Waals surface area contributed by atoms with Crippen LogP contribution in [0.2, 0.25) is 5.02 Å². The first-order chi connectivity index (χ1) is 8.49. The number of amides is 2. The minimum Gasteiger partial charge on any atom is -0.298 e. The van der Waals surface area contributed by atoms with Gasteiger partial charge in [-0.25, -0.2) is 4.39 Å². The van der Waals surface area contributed by atoms with Crippen LogP contribution in [0.5, 0.6) is 0 Å². The van der Waals surface area contributed by atoms with Crippen LogP contribution in [0.15, 0.2) is 18.2 Å². The van der Waals surface area contributed by atoms with Crippen LogP contribution >= 0.6 is 11.6 Å². The number of piperazine rings is 1. The summed E-state index contributed by atoms with van der Waals surface area (Å²) >= 11 is 5.88. The quantitative estimate of drug-likeness (QED) is 0.825. The molecule has 0 aromatic heterocycles. The molecule has 2 rings (SSSR count). The fourth-order valence-corrected chi connectivity index (χ4v) is 1.99. The van der Waals surface area contributed by atoms with Gasteiger partial charge in [-0.05, 0) is 24.6 Å². The van der Waals surface area contributed by atoms with Crippen molar-refractivity contribution in [3.05, 3.63) is 34.6 Å². The Kier molecular flexibility index (Phi) is 3.63. The van der Waals surface area contributed by atoms with E-state index in [1.165, 1.54) is 12.1 Å². The summed E-state index contributed by atoms with van der Waals surface area (Å²) in [5.41, 5.74) is 0.550. The number of rotatable bonds is 2. The molecule has 4 nitrogen and oxygen atoms in total. The van der Waals surface area contributed by atoms with Gasteiger partial charge in [0.2, 0.25) is 11.8 Å². The molecule has 1 aliphatic heterocycles. The Morgan fingerprint density at radius 1 is 1.50 bits per heavy atom. The lowest BCUT2D eigenvalue weighted by atomic mass is 10.1. The van der Waals surface area contributed by atoms with E-state index in [0.717, 1.165) is 11.0 Å². The zero-order valence-corrected chi connectivity index (χ0v) is 10.5. The Balaban J connectivity index is 2.21. The molecule has 96 valence electrons. The highest BCUT2D eigenvalue weighted by Crippen LogP contribution is 2.20. The molecule has 1 unspecified atom stereocenters. The van der Waals surface area contributed by atoms with Gasteiger partial charge in [0.05, 0.1) is 19.1 Å². The lowest BCUT2D eigenvalue weighted by molar-refractivity contribution is -0.149. The predicted octanol–water partition coefficient (Wildman–Crippen LogP) is 1.33. The maximum absolute atomic E-state index is 12.9. The van der Waals surface area contributed by atoms with Gasteiger partial charge >= 0.3 is 0 Å². The van der Waals surface area contributed by atoms with Crippen LogP contribution in [-0.4, -0.2) is 29.3 Å². The molecule has 0 saturated carbocycles. The largest absolute Gasteiger partial charge is 0.298 e. The Bertz CT molecular complexity index is 507. The third-order valence-electron chi connectivity index (χ3n) is 2.84. The molecule has 1 saturated heterocycles. The first-order valence-corrected chi connectivity index (χ1v) is 5.88. The molecule has 1 aromatic carbocycles. The predicted molar refractivity (Wildman–Crippen MR) is 64.4 cm³/mol. The van der Waals surface area contributed by atoms with Crippen molar-refractivity contribution >= 4 is 23.4 Å². The molecule has 0 spiro atoms. The zero-order valence-electron chi connectivity index (χ0n) is 9.74. The van der Waals surface area contributed by atoms with Crippen LogP contribution in [0.3, 0.4) is 0 Å². The van der Waals surface area contributed by atoms with E-state index in [1.54, 1.807) is 6.92 Å². The first kappa shape index (κ1) is 13.0. The van der Waals surface area contributed by atoms with Gasteiger partial charge in [0.1, 0.15) is 5.82 Å². The molecular weight excluding hydrogens is 259 g/mol. The van der Waals surface area contributed by atoms with E-state index < -0.39 is 11.9 Å². The molecule has 1 atom stereocenters. The molecular formula is C12H12ClFN2O2. The summed E-state index contributed by atoms with van der Waals surface area (Å²) in [5, 5.41) is 3.00. The van der Waals surface area contributed by atoms with Crippen LogP contribution in [0.1, 0.15) is 12.5 Å². The summed E-state index contributed by atoms with van der Waals surface area (Å²) in [7, 11) is 0. The summed E-state index contributed by atoms with van der Waals surface area (Å²) in [6, 6.07) is 3.49. The number of hydrogen-bond donors (Lipinski definition) is 1.